The highest BCUT2D eigenvalue weighted by Crippen LogP contribution is 2.30. The summed E-state index contributed by atoms with van der Waals surface area (Å²) >= 11 is 0. The van der Waals surface area contributed by atoms with E-state index in [0.29, 0.717) is 0 Å². The van der Waals surface area contributed by atoms with Crippen LogP contribution in [-0.2, 0) is 0 Å². The van der Waals surface area contributed by atoms with Gasteiger partial charge in [-0.05, 0) is 24.6 Å². The summed E-state index contributed by atoms with van der Waals surface area (Å²) in [4.78, 5) is 6.53. The molecule has 3 rings (SSSR count). The molecule has 1 atom stereocenters. The summed E-state index contributed by atoms with van der Waals surface area (Å²) in [6.45, 7) is 2.18. The quantitative estimate of drug-likeness (QED) is 0.768. The number of hydrogen-bond donors (Lipinski definition) is 1. The Kier molecular flexibility index (Phi) is 3.96. The third-order valence-electron chi connectivity index (χ3n) is 3.88. The molecule has 1 unspecified atom stereocenters. The number of hydrogen-bond acceptors (Lipinski definition) is 3. The molecule has 3 heteroatoms. The molecule has 0 bridgehead atoms. The average molecular weight is 291 g/mol. The summed E-state index contributed by atoms with van der Waals surface area (Å²) in [7, 11) is 4.04. The number of pyridine rings is 1. The fourth-order valence-corrected chi connectivity index (χ4v) is 2.73. The van der Waals surface area contributed by atoms with Crippen LogP contribution in [0.25, 0.3) is 10.8 Å². The molecule has 1 aromatic heterocycles. The molecule has 0 amide bonds. The van der Waals surface area contributed by atoms with Crippen molar-refractivity contribution in [2.45, 2.75) is 13.0 Å². The van der Waals surface area contributed by atoms with Crippen molar-refractivity contribution in [3.8, 4) is 0 Å². The minimum atomic E-state index is 0.253. The van der Waals surface area contributed by atoms with Gasteiger partial charge in [0.1, 0.15) is 5.82 Å². The molecule has 0 aliphatic carbocycles. The molecule has 2 aromatic carbocycles. The van der Waals surface area contributed by atoms with Crippen molar-refractivity contribution >= 4 is 22.3 Å². The number of aromatic nitrogens is 1. The molecular formula is C19H21N3. The normalized spacial score (nSPS) is 12.1. The first-order valence-corrected chi connectivity index (χ1v) is 7.53. The number of benzene rings is 2. The van der Waals surface area contributed by atoms with E-state index in [9.17, 15) is 0 Å². The smallest absolute Gasteiger partial charge is 0.135 e. The summed E-state index contributed by atoms with van der Waals surface area (Å²) in [5.41, 5.74) is 2.42. The zero-order valence-electron chi connectivity index (χ0n) is 13.2. The maximum atomic E-state index is 4.48. The maximum absolute atomic E-state index is 4.48. The minimum absolute atomic E-state index is 0.253. The van der Waals surface area contributed by atoms with Crippen LogP contribution < -0.4 is 10.2 Å². The van der Waals surface area contributed by atoms with E-state index >= 15 is 0 Å². The second-order valence-corrected chi connectivity index (χ2v) is 5.71. The molecule has 0 aliphatic rings. The van der Waals surface area contributed by atoms with Crippen LogP contribution in [0.4, 0.5) is 11.5 Å². The highest BCUT2D eigenvalue weighted by Gasteiger charge is 2.10. The summed E-state index contributed by atoms with van der Waals surface area (Å²) in [5.74, 6) is 0.994. The Bertz CT molecular complexity index is 766. The van der Waals surface area contributed by atoms with Crippen molar-refractivity contribution in [1.82, 2.24) is 4.98 Å². The van der Waals surface area contributed by atoms with Crippen LogP contribution in [0.3, 0.4) is 0 Å². The van der Waals surface area contributed by atoms with Crippen LogP contribution in [0.1, 0.15) is 18.5 Å². The first-order valence-electron chi connectivity index (χ1n) is 7.53. The van der Waals surface area contributed by atoms with Crippen molar-refractivity contribution < 1.29 is 0 Å². The van der Waals surface area contributed by atoms with E-state index in [0.717, 1.165) is 16.9 Å². The van der Waals surface area contributed by atoms with Gasteiger partial charge in [0.25, 0.3) is 0 Å². The number of rotatable bonds is 4. The Morgan fingerprint density at radius 2 is 1.68 bits per heavy atom. The molecule has 0 fully saturated rings. The third kappa shape index (κ3) is 2.75. The monoisotopic (exact) mass is 291 g/mol. The molecule has 0 spiro atoms. The van der Waals surface area contributed by atoms with E-state index in [4.69, 9.17) is 0 Å². The molecule has 0 saturated carbocycles. The summed E-state index contributed by atoms with van der Waals surface area (Å²) < 4.78 is 0. The standard InChI is InChI=1S/C19H21N3/c1-14(15-8-5-4-6-9-15)21-18-11-7-10-17-16(18)12-13-20-19(17)22(2)3/h4-14,21H,1-3H3. The highest BCUT2D eigenvalue weighted by molar-refractivity contribution is 6.00. The molecule has 1 heterocycles. The lowest BCUT2D eigenvalue weighted by Gasteiger charge is -2.19. The Morgan fingerprint density at radius 3 is 2.41 bits per heavy atom. The minimum Gasteiger partial charge on any atom is -0.378 e. The van der Waals surface area contributed by atoms with E-state index in [1.165, 1.54) is 10.9 Å². The predicted molar refractivity (Wildman–Crippen MR) is 94.5 cm³/mol. The number of nitrogens with one attached hydrogen (secondary N) is 1. The van der Waals surface area contributed by atoms with Crippen LogP contribution in [0, 0.1) is 0 Å². The Morgan fingerprint density at radius 1 is 0.909 bits per heavy atom. The molecule has 22 heavy (non-hydrogen) atoms. The van der Waals surface area contributed by atoms with Gasteiger partial charge < -0.3 is 10.2 Å². The van der Waals surface area contributed by atoms with Gasteiger partial charge >= 0.3 is 0 Å². The van der Waals surface area contributed by atoms with E-state index in [2.05, 4.69) is 65.8 Å². The molecular weight excluding hydrogens is 270 g/mol. The molecule has 0 saturated heterocycles. The van der Waals surface area contributed by atoms with E-state index in [1.807, 2.05) is 31.3 Å². The van der Waals surface area contributed by atoms with E-state index < -0.39 is 0 Å². The highest BCUT2D eigenvalue weighted by atomic mass is 15.1. The predicted octanol–water partition coefficient (Wildman–Crippen LogP) is 4.47. The van der Waals surface area contributed by atoms with Gasteiger partial charge in [-0.3, -0.25) is 0 Å². The Hall–Kier alpha value is -2.55. The van der Waals surface area contributed by atoms with Gasteiger partial charge in [-0.2, -0.15) is 0 Å². The molecule has 0 radical (unpaired) electrons. The first kappa shape index (κ1) is 14.4. The molecule has 0 aliphatic heterocycles. The van der Waals surface area contributed by atoms with Gasteiger partial charge in [0.15, 0.2) is 0 Å². The van der Waals surface area contributed by atoms with Crippen LogP contribution in [-0.4, -0.2) is 19.1 Å². The largest absolute Gasteiger partial charge is 0.378 e. The van der Waals surface area contributed by atoms with Gasteiger partial charge in [0, 0.05) is 42.8 Å². The van der Waals surface area contributed by atoms with Gasteiger partial charge in [-0.25, -0.2) is 4.98 Å². The zero-order chi connectivity index (χ0) is 15.5. The Labute approximate surface area is 131 Å². The first-order chi connectivity index (χ1) is 10.7. The fourth-order valence-electron chi connectivity index (χ4n) is 2.73. The van der Waals surface area contributed by atoms with Crippen molar-refractivity contribution in [3.05, 3.63) is 66.4 Å². The number of nitrogens with zero attached hydrogens (tertiary/aromatic N) is 2. The SMILES string of the molecule is CC(Nc1cccc2c(N(C)C)nccc12)c1ccccc1. The van der Waals surface area contributed by atoms with Crippen molar-refractivity contribution in [2.24, 2.45) is 0 Å². The van der Waals surface area contributed by atoms with E-state index in [1.54, 1.807) is 0 Å². The van der Waals surface area contributed by atoms with Gasteiger partial charge in [0.05, 0.1) is 0 Å². The van der Waals surface area contributed by atoms with Crippen LogP contribution in [0.2, 0.25) is 0 Å². The topological polar surface area (TPSA) is 28.2 Å². The Balaban J connectivity index is 2.00. The molecule has 1 N–H and O–H groups in total. The van der Waals surface area contributed by atoms with Crippen LogP contribution >= 0.6 is 0 Å². The average Bonchev–Trinajstić information content (AvgIpc) is 2.55. The fraction of sp³-hybridized carbons (Fsp3) is 0.211. The molecule has 3 nitrogen and oxygen atoms in total. The number of anilines is 2. The van der Waals surface area contributed by atoms with Crippen LogP contribution in [0.15, 0.2) is 60.8 Å². The zero-order valence-corrected chi connectivity index (χ0v) is 13.2. The lowest BCUT2D eigenvalue weighted by molar-refractivity contribution is 0.887. The molecule has 3 aromatic rings. The molecule has 112 valence electrons. The summed E-state index contributed by atoms with van der Waals surface area (Å²) in [6, 6.07) is 19.1. The summed E-state index contributed by atoms with van der Waals surface area (Å²) in [6.07, 6.45) is 1.87. The second-order valence-electron chi connectivity index (χ2n) is 5.71. The van der Waals surface area contributed by atoms with E-state index in [-0.39, 0.29) is 6.04 Å². The van der Waals surface area contributed by atoms with Crippen molar-refractivity contribution in [2.75, 3.05) is 24.3 Å². The lowest BCUT2D eigenvalue weighted by Crippen LogP contribution is -2.11. The second kappa shape index (κ2) is 6.06. The van der Waals surface area contributed by atoms with Crippen molar-refractivity contribution in [3.63, 3.8) is 0 Å². The van der Waals surface area contributed by atoms with Gasteiger partial charge in [-0.15, -0.1) is 0 Å². The third-order valence-corrected chi connectivity index (χ3v) is 3.88. The van der Waals surface area contributed by atoms with Gasteiger partial charge in [0.2, 0.25) is 0 Å². The lowest BCUT2D eigenvalue weighted by atomic mass is 10.1. The van der Waals surface area contributed by atoms with Crippen molar-refractivity contribution in [1.29, 1.82) is 0 Å². The number of fused-ring (bicyclic) bond motifs is 1. The summed E-state index contributed by atoms with van der Waals surface area (Å²) in [5, 5.41) is 5.98. The van der Waals surface area contributed by atoms with Crippen LogP contribution in [0.5, 0.6) is 0 Å². The maximum Gasteiger partial charge on any atom is 0.135 e. The van der Waals surface area contributed by atoms with Gasteiger partial charge in [-0.1, -0.05) is 42.5 Å².